The van der Waals surface area contributed by atoms with Crippen molar-refractivity contribution < 1.29 is 4.39 Å². The van der Waals surface area contributed by atoms with E-state index >= 15 is 0 Å². The normalized spacial score (nSPS) is 11.0. The first-order valence-electron chi connectivity index (χ1n) is 8.99. The number of thiazole rings is 1. The van der Waals surface area contributed by atoms with Crippen molar-refractivity contribution in [2.45, 2.75) is 26.7 Å². The lowest BCUT2D eigenvalue weighted by Crippen LogP contribution is -2.38. The van der Waals surface area contributed by atoms with E-state index in [0.29, 0.717) is 12.2 Å². The molecule has 0 amide bonds. The van der Waals surface area contributed by atoms with Crippen LogP contribution in [0.4, 0.5) is 10.1 Å². The molecule has 27 heavy (non-hydrogen) atoms. The minimum absolute atomic E-state index is 0. The molecule has 2 N–H and O–H groups in total. The first-order chi connectivity index (χ1) is 12.6. The van der Waals surface area contributed by atoms with E-state index in [9.17, 15) is 4.39 Å². The van der Waals surface area contributed by atoms with Gasteiger partial charge in [0.2, 0.25) is 0 Å². The van der Waals surface area contributed by atoms with Gasteiger partial charge in [0.25, 0.3) is 0 Å². The first-order valence-corrected chi connectivity index (χ1v) is 9.81. The van der Waals surface area contributed by atoms with Gasteiger partial charge in [-0.15, -0.1) is 35.3 Å². The zero-order valence-corrected chi connectivity index (χ0v) is 19.3. The molecule has 1 aromatic heterocycles. The third-order valence-corrected chi connectivity index (χ3v) is 4.80. The highest BCUT2D eigenvalue weighted by molar-refractivity contribution is 14.0. The van der Waals surface area contributed by atoms with E-state index in [1.807, 2.05) is 31.1 Å². The molecule has 150 valence electrons. The fourth-order valence-electron chi connectivity index (χ4n) is 2.53. The van der Waals surface area contributed by atoms with Crippen LogP contribution in [-0.2, 0) is 6.42 Å². The van der Waals surface area contributed by atoms with Gasteiger partial charge in [-0.05, 0) is 32.4 Å². The average molecular weight is 505 g/mol. The summed E-state index contributed by atoms with van der Waals surface area (Å²) in [7, 11) is 1.90. The van der Waals surface area contributed by atoms with E-state index in [-0.39, 0.29) is 29.8 Å². The van der Waals surface area contributed by atoms with Crippen LogP contribution in [0.5, 0.6) is 0 Å². The van der Waals surface area contributed by atoms with Gasteiger partial charge in [0, 0.05) is 50.7 Å². The third-order valence-electron chi connectivity index (χ3n) is 3.83. The van der Waals surface area contributed by atoms with Gasteiger partial charge in [0.1, 0.15) is 5.82 Å². The zero-order chi connectivity index (χ0) is 18.8. The van der Waals surface area contributed by atoms with Crippen molar-refractivity contribution in [1.29, 1.82) is 0 Å². The van der Waals surface area contributed by atoms with Gasteiger partial charge in [-0.1, -0.05) is 12.1 Å². The number of para-hydroxylation sites is 1. The number of aliphatic imine (C=N–C) groups is 1. The molecule has 0 aliphatic carbocycles. The van der Waals surface area contributed by atoms with Gasteiger partial charge in [-0.3, -0.25) is 4.99 Å². The monoisotopic (exact) mass is 505 g/mol. The molecule has 0 aliphatic heterocycles. The highest BCUT2D eigenvalue weighted by Crippen LogP contribution is 2.16. The molecule has 2 rings (SSSR count). The number of halogens is 2. The molecule has 0 saturated carbocycles. The molecule has 1 heterocycles. The molecule has 0 saturated heterocycles. The van der Waals surface area contributed by atoms with Crippen molar-refractivity contribution in [2.24, 2.45) is 4.99 Å². The maximum atomic E-state index is 13.8. The lowest BCUT2D eigenvalue weighted by Gasteiger charge is -2.19. The Balaban J connectivity index is 0.00000364. The summed E-state index contributed by atoms with van der Waals surface area (Å²) >= 11 is 1.73. The minimum Gasteiger partial charge on any atom is -0.372 e. The molecule has 0 aliphatic rings. The van der Waals surface area contributed by atoms with Crippen molar-refractivity contribution in [2.75, 3.05) is 38.1 Å². The van der Waals surface area contributed by atoms with Crippen LogP contribution in [0.3, 0.4) is 0 Å². The largest absolute Gasteiger partial charge is 0.372 e. The summed E-state index contributed by atoms with van der Waals surface area (Å²) < 4.78 is 13.8. The fraction of sp³-hybridized carbons (Fsp3) is 0.474. The number of aryl methyl sites for hydroxylation is 1. The van der Waals surface area contributed by atoms with Crippen molar-refractivity contribution in [3.05, 3.63) is 46.2 Å². The maximum Gasteiger partial charge on any atom is 0.191 e. The molecule has 0 radical (unpaired) electrons. The van der Waals surface area contributed by atoms with E-state index in [2.05, 4.69) is 27.5 Å². The van der Waals surface area contributed by atoms with Crippen LogP contribution in [-0.4, -0.2) is 44.2 Å². The Morgan fingerprint density at radius 2 is 2.07 bits per heavy atom. The Bertz CT molecular complexity index is 707. The first kappa shape index (κ1) is 23.6. The summed E-state index contributed by atoms with van der Waals surface area (Å²) in [6.07, 6.45) is 3.65. The number of aromatic nitrogens is 1. The Morgan fingerprint density at radius 1 is 1.30 bits per heavy atom. The number of hydrogen-bond donors (Lipinski definition) is 2. The van der Waals surface area contributed by atoms with Crippen molar-refractivity contribution in [3.63, 3.8) is 0 Å². The van der Waals surface area contributed by atoms with Gasteiger partial charge in [0.15, 0.2) is 5.96 Å². The van der Waals surface area contributed by atoms with Crippen LogP contribution in [0, 0.1) is 12.7 Å². The van der Waals surface area contributed by atoms with Crippen molar-refractivity contribution >= 4 is 47.0 Å². The second kappa shape index (κ2) is 12.9. The van der Waals surface area contributed by atoms with E-state index in [1.165, 1.54) is 10.9 Å². The summed E-state index contributed by atoms with van der Waals surface area (Å²) in [6, 6.07) is 6.84. The van der Waals surface area contributed by atoms with Crippen molar-refractivity contribution in [1.82, 2.24) is 15.6 Å². The summed E-state index contributed by atoms with van der Waals surface area (Å²) in [5.74, 6) is 0.625. The molecule has 1 aromatic carbocycles. The van der Waals surface area contributed by atoms with Crippen molar-refractivity contribution in [3.8, 4) is 0 Å². The molecule has 5 nitrogen and oxygen atoms in total. The van der Waals surface area contributed by atoms with Gasteiger partial charge in [-0.2, -0.15) is 0 Å². The Hall–Kier alpha value is -1.42. The zero-order valence-electron chi connectivity index (χ0n) is 16.2. The van der Waals surface area contributed by atoms with Crippen LogP contribution in [0.2, 0.25) is 0 Å². The summed E-state index contributed by atoms with van der Waals surface area (Å²) in [6.45, 7) is 7.17. The number of guanidine groups is 1. The summed E-state index contributed by atoms with van der Waals surface area (Å²) in [5, 5.41) is 7.73. The standard InChI is InChI=1S/C19H28FN5S.HI/c1-4-21-19(23-12-10-18-24-14-15(2)26-18)22-11-7-13-25(3)17-9-6-5-8-16(17)20;/h5-6,8-9,14H,4,7,10-13H2,1-3H3,(H2,21,22,23);1H. The number of nitrogens with one attached hydrogen (secondary N) is 2. The predicted molar refractivity (Wildman–Crippen MR) is 124 cm³/mol. The lowest BCUT2D eigenvalue weighted by molar-refractivity contribution is 0.620. The van der Waals surface area contributed by atoms with Crippen LogP contribution in [0.1, 0.15) is 23.2 Å². The Kier molecular flexibility index (Phi) is 11.3. The summed E-state index contributed by atoms with van der Waals surface area (Å²) in [4.78, 5) is 12.1. The fourth-order valence-corrected chi connectivity index (χ4v) is 3.31. The second-order valence-corrected chi connectivity index (χ2v) is 7.35. The van der Waals surface area contributed by atoms with Gasteiger partial charge in [-0.25, -0.2) is 9.37 Å². The molecule has 0 unspecified atom stereocenters. The van der Waals surface area contributed by atoms with E-state index in [4.69, 9.17) is 0 Å². The van der Waals surface area contributed by atoms with Crippen LogP contribution in [0.15, 0.2) is 35.5 Å². The Morgan fingerprint density at radius 3 is 2.74 bits per heavy atom. The summed E-state index contributed by atoms with van der Waals surface area (Å²) in [5.41, 5.74) is 0.625. The highest BCUT2D eigenvalue weighted by atomic mass is 127. The molecule has 0 atom stereocenters. The minimum atomic E-state index is -0.189. The SMILES string of the molecule is CCNC(=NCCCN(C)c1ccccc1F)NCCc1ncc(C)s1.I. The number of nitrogens with zero attached hydrogens (tertiary/aromatic N) is 3. The second-order valence-electron chi connectivity index (χ2n) is 6.03. The van der Waals surface area contributed by atoms with Crippen LogP contribution < -0.4 is 15.5 Å². The van der Waals surface area contributed by atoms with Crippen LogP contribution >= 0.6 is 35.3 Å². The average Bonchev–Trinajstić information content (AvgIpc) is 3.04. The molecule has 8 heteroatoms. The number of hydrogen-bond acceptors (Lipinski definition) is 4. The quantitative estimate of drug-likeness (QED) is 0.236. The molecular formula is C19H29FIN5S. The van der Waals surface area contributed by atoms with E-state index in [0.717, 1.165) is 43.4 Å². The molecule has 2 aromatic rings. The topological polar surface area (TPSA) is 52.6 Å². The predicted octanol–water partition coefficient (Wildman–Crippen LogP) is 3.83. The maximum absolute atomic E-state index is 13.8. The van der Waals surface area contributed by atoms with E-state index < -0.39 is 0 Å². The molecule has 0 bridgehead atoms. The van der Waals surface area contributed by atoms with E-state index in [1.54, 1.807) is 23.5 Å². The van der Waals surface area contributed by atoms with Crippen LogP contribution in [0.25, 0.3) is 0 Å². The highest BCUT2D eigenvalue weighted by Gasteiger charge is 2.06. The van der Waals surface area contributed by atoms with Gasteiger partial charge >= 0.3 is 0 Å². The number of rotatable bonds is 9. The number of anilines is 1. The number of benzene rings is 1. The molecule has 0 spiro atoms. The van der Waals surface area contributed by atoms with Gasteiger partial charge in [0.05, 0.1) is 10.7 Å². The molecular weight excluding hydrogens is 476 g/mol. The molecule has 0 fully saturated rings. The smallest absolute Gasteiger partial charge is 0.191 e. The van der Waals surface area contributed by atoms with Gasteiger partial charge < -0.3 is 15.5 Å². The third kappa shape index (κ3) is 8.42. The lowest BCUT2D eigenvalue weighted by atomic mass is 10.2. The Labute approximate surface area is 182 Å².